The highest BCUT2D eigenvalue weighted by Crippen LogP contribution is 2.39. The molecule has 0 saturated carbocycles. The zero-order valence-electron chi connectivity index (χ0n) is 11.5. The minimum absolute atomic E-state index is 0.120. The molecule has 114 valence electrons. The second kappa shape index (κ2) is 6.54. The zero-order chi connectivity index (χ0) is 15.6. The number of aliphatic carboxylic acids is 1. The summed E-state index contributed by atoms with van der Waals surface area (Å²) in [6, 6.07) is 1.98. The molecule has 0 fully saturated rings. The van der Waals surface area contributed by atoms with Crippen molar-refractivity contribution in [3.05, 3.63) is 27.7 Å². The van der Waals surface area contributed by atoms with Crippen molar-refractivity contribution in [3.8, 4) is 0 Å². The number of benzene rings is 1. The predicted molar refractivity (Wildman–Crippen MR) is 81.9 cm³/mol. The Morgan fingerprint density at radius 3 is 2.76 bits per heavy atom. The molecule has 21 heavy (non-hydrogen) atoms. The molecular formula is C14H16Cl2N2O3. The van der Waals surface area contributed by atoms with Crippen LogP contribution in [-0.4, -0.2) is 23.0 Å². The van der Waals surface area contributed by atoms with Crippen molar-refractivity contribution < 1.29 is 14.7 Å². The van der Waals surface area contributed by atoms with E-state index in [0.29, 0.717) is 27.7 Å². The fourth-order valence-electron chi connectivity index (χ4n) is 2.45. The second-order valence-corrected chi connectivity index (χ2v) is 5.83. The Balaban J connectivity index is 2.36. The van der Waals surface area contributed by atoms with Crippen LogP contribution >= 0.6 is 23.2 Å². The van der Waals surface area contributed by atoms with E-state index in [1.54, 1.807) is 12.1 Å². The number of carboxylic acids is 1. The lowest BCUT2D eigenvalue weighted by Gasteiger charge is -2.32. The van der Waals surface area contributed by atoms with Gasteiger partial charge in [-0.2, -0.15) is 0 Å². The molecule has 0 aromatic heterocycles. The Morgan fingerprint density at radius 1 is 1.43 bits per heavy atom. The van der Waals surface area contributed by atoms with Crippen LogP contribution in [-0.2, 0) is 9.59 Å². The van der Waals surface area contributed by atoms with Gasteiger partial charge in [0.15, 0.2) is 0 Å². The van der Waals surface area contributed by atoms with E-state index in [1.165, 1.54) is 0 Å². The molecule has 1 aliphatic rings. The number of nitrogens with one attached hydrogen (secondary N) is 2. The van der Waals surface area contributed by atoms with Crippen molar-refractivity contribution in [3.63, 3.8) is 0 Å². The third kappa shape index (κ3) is 3.60. The van der Waals surface area contributed by atoms with Crippen LogP contribution in [0.15, 0.2) is 12.1 Å². The van der Waals surface area contributed by atoms with Gasteiger partial charge in [-0.3, -0.25) is 4.79 Å². The smallest absolute Gasteiger partial charge is 0.326 e. The lowest BCUT2D eigenvalue weighted by Crippen LogP contribution is -2.41. The van der Waals surface area contributed by atoms with Crippen molar-refractivity contribution in [2.45, 2.75) is 38.3 Å². The summed E-state index contributed by atoms with van der Waals surface area (Å²) in [5, 5.41) is 15.8. The molecule has 0 unspecified atom stereocenters. The number of carbonyl (C=O) groups excluding carboxylic acids is 1. The van der Waals surface area contributed by atoms with E-state index in [-0.39, 0.29) is 12.3 Å². The number of fused-ring (bicyclic) bond motifs is 1. The van der Waals surface area contributed by atoms with Gasteiger partial charge in [-0.1, -0.05) is 30.1 Å². The maximum Gasteiger partial charge on any atom is 0.326 e. The maximum absolute atomic E-state index is 11.8. The molecular weight excluding hydrogens is 315 g/mol. The molecule has 0 aliphatic carbocycles. The van der Waals surface area contributed by atoms with E-state index in [9.17, 15) is 14.7 Å². The van der Waals surface area contributed by atoms with Crippen molar-refractivity contribution >= 4 is 40.8 Å². The van der Waals surface area contributed by atoms with E-state index < -0.39 is 18.1 Å². The first-order valence-electron chi connectivity index (χ1n) is 6.70. The minimum Gasteiger partial charge on any atom is -0.480 e. The summed E-state index contributed by atoms with van der Waals surface area (Å²) in [7, 11) is 0. The van der Waals surface area contributed by atoms with Gasteiger partial charge in [-0.05, 0) is 18.6 Å². The van der Waals surface area contributed by atoms with Gasteiger partial charge in [0, 0.05) is 34.1 Å². The lowest BCUT2D eigenvalue weighted by molar-refractivity contribution is -0.138. The first-order chi connectivity index (χ1) is 9.92. The van der Waals surface area contributed by atoms with E-state index in [2.05, 4.69) is 10.6 Å². The predicted octanol–water partition coefficient (Wildman–Crippen LogP) is 3.22. The van der Waals surface area contributed by atoms with Gasteiger partial charge in [0.2, 0.25) is 5.91 Å². The number of carbonyl (C=O) groups is 2. The van der Waals surface area contributed by atoms with E-state index in [0.717, 1.165) is 6.42 Å². The first kappa shape index (κ1) is 15.9. The van der Waals surface area contributed by atoms with Crippen LogP contribution in [0.4, 0.5) is 5.69 Å². The Hall–Kier alpha value is -1.46. The Morgan fingerprint density at radius 2 is 2.14 bits per heavy atom. The van der Waals surface area contributed by atoms with Crippen molar-refractivity contribution in [1.29, 1.82) is 0 Å². The normalized spacial score (nSPS) is 20.3. The quantitative estimate of drug-likeness (QED) is 0.792. The first-order valence-corrected chi connectivity index (χ1v) is 7.45. The fourth-order valence-corrected chi connectivity index (χ4v) is 3.07. The monoisotopic (exact) mass is 330 g/mol. The van der Waals surface area contributed by atoms with Gasteiger partial charge in [0.25, 0.3) is 0 Å². The average Bonchev–Trinajstić information content (AvgIpc) is 2.37. The SMILES string of the molecule is CCCC(=O)N[C@@H]1C[C@@H](C(=O)O)Nc2cc(Cl)cc(Cl)c21. The average molecular weight is 331 g/mol. The van der Waals surface area contributed by atoms with Gasteiger partial charge < -0.3 is 15.7 Å². The molecule has 5 nitrogen and oxygen atoms in total. The summed E-state index contributed by atoms with van der Waals surface area (Å²) in [4.78, 5) is 23.1. The third-order valence-electron chi connectivity index (χ3n) is 3.35. The summed E-state index contributed by atoms with van der Waals surface area (Å²) < 4.78 is 0. The van der Waals surface area contributed by atoms with Gasteiger partial charge in [0.1, 0.15) is 6.04 Å². The van der Waals surface area contributed by atoms with Gasteiger partial charge in [-0.25, -0.2) is 4.79 Å². The summed E-state index contributed by atoms with van der Waals surface area (Å²) >= 11 is 12.2. The molecule has 1 aliphatic heterocycles. The molecule has 1 aromatic carbocycles. The summed E-state index contributed by atoms with van der Waals surface area (Å²) in [5.41, 5.74) is 1.23. The fraction of sp³-hybridized carbons (Fsp3) is 0.429. The molecule has 0 spiro atoms. The number of hydrogen-bond donors (Lipinski definition) is 3. The molecule has 1 aromatic rings. The topological polar surface area (TPSA) is 78.4 Å². The van der Waals surface area contributed by atoms with Gasteiger partial charge in [-0.15, -0.1) is 0 Å². The number of carboxylic acid groups (broad SMARTS) is 1. The van der Waals surface area contributed by atoms with Crippen LogP contribution in [0.1, 0.15) is 37.8 Å². The highest BCUT2D eigenvalue weighted by Gasteiger charge is 2.33. The third-order valence-corrected chi connectivity index (χ3v) is 3.89. The Bertz CT molecular complexity index is 578. The van der Waals surface area contributed by atoms with Crippen LogP contribution in [0, 0.1) is 0 Å². The van der Waals surface area contributed by atoms with Crippen LogP contribution in [0.2, 0.25) is 10.0 Å². The van der Waals surface area contributed by atoms with E-state index in [1.807, 2.05) is 6.92 Å². The summed E-state index contributed by atoms with van der Waals surface area (Å²) in [6.45, 7) is 1.91. The highest BCUT2D eigenvalue weighted by molar-refractivity contribution is 6.35. The molecule has 3 N–H and O–H groups in total. The zero-order valence-corrected chi connectivity index (χ0v) is 13.0. The number of anilines is 1. The molecule has 1 amide bonds. The number of rotatable bonds is 4. The molecule has 2 rings (SSSR count). The second-order valence-electron chi connectivity index (χ2n) is 4.99. The maximum atomic E-state index is 11.8. The molecule has 0 radical (unpaired) electrons. The molecule has 0 bridgehead atoms. The highest BCUT2D eigenvalue weighted by atomic mass is 35.5. The van der Waals surface area contributed by atoms with Gasteiger partial charge in [0.05, 0.1) is 6.04 Å². The van der Waals surface area contributed by atoms with Crippen LogP contribution in [0.3, 0.4) is 0 Å². The number of amides is 1. The molecule has 0 saturated heterocycles. The molecule has 1 heterocycles. The van der Waals surface area contributed by atoms with E-state index in [4.69, 9.17) is 23.2 Å². The lowest BCUT2D eigenvalue weighted by atomic mass is 9.92. The standard InChI is InChI=1S/C14H16Cl2N2O3/c1-2-3-12(19)18-10-6-11(14(20)21)17-9-5-7(15)4-8(16)13(9)10/h4-5,10-11,17H,2-3,6H2,1H3,(H,18,19)(H,20,21)/t10-,11+/m1/s1. The number of hydrogen-bond acceptors (Lipinski definition) is 3. The molecule has 2 atom stereocenters. The number of halogens is 2. The Kier molecular flexibility index (Phi) is 4.96. The van der Waals surface area contributed by atoms with Crippen LogP contribution in [0.5, 0.6) is 0 Å². The van der Waals surface area contributed by atoms with Crippen molar-refractivity contribution in [2.24, 2.45) is 0 Å². The van der Waals surface area contributed by atoms with E-state index >= 15 is 0 Å². The van der Waals surface area contributed by atoms with Gasteiger partial charge >= 0.3 is 5.97 Å². The van der Waals surface area contributed by atoms with Crippen LogP contribution in [0.25, 0.3) is 0 Å². The van der Waals surface area contributed by atoms with Crippen LogP contribution < -0.4 is 10.6 Å². The molecule has 7 heteroatoms. The summed E-state index contributed by atoms with van der Waals surface area (Å²) in [5.74, 6) is -1.10. The van der Waals surface area contributed by atoms with Crippen molar-refractivity contribution in [2.75, 3.05) is 5.32 Å². The van der Waals surface area contributed by atoms with Crippen molar-refractivity contribution in [1.82, 2.24) is 5.32 Å². The minimum atomic E-state index is -0.980. The Labute approximate surface area is 132 Å². The largest absolute Gasteiger partial charge is 0.480 e. The summed E-state index contributed by atoms with van der Waals surface area (Å²) in [6.07, 6.45) is 1.35.